The molecule has 0 aliphatic heterocycles. The molecule has 0 saturated heterocycles. The zero-order valence-electron chi connectivity index (χ0n) is 11.1. The lowest BCUT2D eigenvalue weighted by molar-refractivity contribution is 0.280. The molecule has 0 aliphatic rings. The van der Waals surface area contributed by atoms with E-state index in [0.717, 1.165) is 36.2 Å². The number of rotatable bonds is 6. The first-order valence-corrected chi connectivity index (χ1v) is 7.28. The van der Waals surface area contributed by atoms with Gasteiger partial charge in [-0.1, -0.05) is 53.5 Å². The van der Waals surface area contributed by atoms with Crippen LogP contribution in [0.25, 0.3) is 0 Å². The molecule has 2 nitrogen and oxygen atoms in total. The summed E-state index contributed by atoms with van der Waals surface area (Å²) in [4.78, 5) is 0. The van der Waals surface area contributed by atoms with Crippen molar-refractivity contribution < 1.29 is 5.11 Å². The zero-order valence-corrected chi connectivity index (χ0v) is 12.6. The summed E-state index contributed by atoms with van der Waals surface area (Å²) in [5.74, 6) is 0. The average molecular weight is 310 g/mol. The molecule has 0 amide bonds. The Kier molecular flexibility index (Phi) is 5.86. The van der Waals surface area contributed by atoms with Crippen LogP contribution in [0, 0.1) is 0 Å². The topological polar surface area (TPSA) is 32.3 Å². The summed E-state index contributed by atoms with van der Waals surface area (Å²) < 4.78 is 0. The highest BCUT2D eigenvalue weighted by Crippen LogP contribution is 2.22. The second-order valence-electron chi connectivity index (χ2n) is 4.60. The normalized spacial score (nSPS) is 10.8. The van der Waals surface area contributed by atoms with Crippen LogP contribution in [0.4, 0.5) is 0 Å². The Morgan fingerprint density at radius 1 is 0.950 bits per heavy atom. The van der Waals surface area contributed by atoms with Gasteiger partial charge in [0.25, 0.3) is 0 Å². The van der Waals surface area contributed by atoms with E-state index in [1.165, 1.54) is 0 Å². The monoisotopic (exact) mass is 309 g/mol. The third-order valence-corrected chi connectivity index (χ3v) is 3.92. The van der Waals surface area contributed by atoms with Crippen molar-refractivity contribution in [1.82, 2.24) is 5.32 Å². The standard InChI is InChI=1S/C16H17Cl2NO/c17-15-6-5-12(9-16(15)18)7-8-19-10-13-3-1-2-4-14(13)11-20/h1-6,9,19-20H,7-8,10-11H2. The van der Waals surface area contributed by atoms with Crippen LogP contribution in [0.15, 0.2) is 42.5 Å². The van der Waals surface area contributed by atoms with Crippen LogP contribution in [0.3, 0.4) is 0 Å². The molecule has 0 fully saturated rings. The minimum atomic E-state index is 0.0741. The number of hydrogen-bond acceptors (Lipinski definition) is 2. The largest absolute Gasteiger partial charge is 0.392 e. The lowest BCUT2D eigenvalue weighted by atomic mass is 10.1. The molecule has 0 aromatic heterocycles. The third kappa shape index (κ3) is 4.22. The molecule has 0 atom stereocenters. The Bertz CT molecular complexity index is 572. The van der Waals surface area contributed by atoms with Crippen LogP contribution < -0.4 is 5.32 Å². The minimum absolute atomic E-state index is 0.0741. The molecule has 0 aliphatic carbocycles. The molecule has 0 saturated carbocycles. The molecule has 2 aromatic carbocycles. The summed E-state index contributed by atoms with van der Waals surface area (Å²) >= 11 is 11.9. The van der Waals surface area contributed by atoms with E-state index in [1.54, 1.807) is 0 Å². The molecule has 2 aromatic rings. The van der Waals surface area contributed by atoms with Crippen LogP contribution in [0.2, 0.25) is 10.0 Å². The highest BCUT2D eigenvalue weighted by atomic mass is 35.5. The van der Waals surface area contributed by atoms with E-state index in [1.807, 2.05) is 42.5 Å². The van der Waals surface area contributed by atoms with Gasteiger partial charge >= 0.3 is 0 Å². The quantitative estimate of drug-likeness (QED) is 0.795. The number of halogens is 2. The maximum Gasteiger partial charge on any atom is 0.0685 e. The van der Waals surface area contributed by atoms with Crippen molar-refractivity contribution in [3.8, 4) is 0 Å². The summed E-state index contributed by atoms with van der Waals surface area (Å²) in [6.45, 7) is 1.67. The molecule has 4 heteroatoms. The number of benzene rings is 2. The SMILES string of the molecule is OCc1ccccc1CNCCc1ccc(Cl)c(Cl)c1. The van der Waals surface area contributed by atoms with Crippen LogP contribution in [-0.2, 0) is 19.6 Å². The Morgan fingerprint density at radius 3 is 2.40 bits per heavy atom. The Labute approximate surface area is 129 Å². The minimum Gasteiger partial charge on any atom is -0.392 e. The van der Waals surface area contributed by atoms with Gasteiger partial charge in [0.2, 0.25) is 0 Å². The van der Waals surface area contributed by atoms with Crippen LogP contribution in [0.1, 0.15) is 16.7 Å². The molecular formula is C16H17Cl2NO. The molecule has 106 valence electrons. The first kappa shape index (κ1) is 15.3. The van der Waals surface area contributed by atoms with E-state index in [2.05, 4.69) is 5.32 Å². The number of aliphatic hydroxyl groups is 1. The summed E-state index contributed by atoms with van der Waals surface area (Å²) in [5, 5.41) is 13.8. The molecule has 0 unspecified atom stereocenters. The summed E-state index contributed by atoms with van der Waals surface area (Å²) in [6, 6.07) is 13.6. The van der Waals surface area contributed by atoms with Crippen molar-refractivity contribution in [2.24, 2.45) is 0 Å². The van der Waals surface area contributed by atoms with E-state index in [4.69, 9.17) is 23.2 Å². The van der Waals surface area contributed by atoms with Gasteiger partial charge in [-0.2, -0.15) is 0 Å². The van der Waals surface area contributed by atoms with Gasteiger partial charge in [0.1, 0.15) is 0 Å². The van der Waals surface area contributed by atoms with E-state index < -0.39 is 0 Å². The summed E-state index contributed by atoms with van der Waals surface area (Å²) in [5.41, 5.74) is 3.25. The maximum absolute atomic E-state index is 9.25. The Hall–Kier alpha value is -1.06. The lowest BCUT2D eigenvalue weighted by Gasteiger charge is -2.09. The fraction of sp³-hybridized carbons (Fsp3) is 0.250. The lowest BCUT2D eigenvalue weighted by Crippen LogP contribution is -2.17. The van der Waals surface area contributed by atoms with E-state index >= 15 is 0 Å². The molecule has 2 N–H and O–H groups in total. The van der Waals surface area contributed by atoms with Crippen molar-refractivity contribution in [3.05, 3.63) is 69.2 Å². The highest BCUT2D eigenvalue weighted by Gasteiger charge is 2.01. The third-order valence-electron chi connectivity index (χ3n) is 3.18. The number of hydrogen-bond donors (Lipinski definition) is 2. The van der Waals surface area contributed by atoms with Crippen LogP contribution in [-0.4, -0.2) is 11.7 Å². The fourth-order valence-electron chi connectivity index (χ4n) is 2.04. The first-order chi connectivity index (χ1) is 9.70. The first-order valence-electron chi connectivity index (χ1n) is 6.53. The second kappa shape index (κ2) is 7.65. The molecule has 0 radical (unpaired) electrons. The van der Waals surface area contributed by atoms with Crippen molar-refractivity contribution >= 4 is 23.2 Å². The van der Waals surface area contributed by atoms with Gasteiger partial charge in [0.05, 0.1) is 16.7 Å². The van der Waals surface area contributed by atoms with Crippen molar-refractivity contribution in [2.45, 2.75) is 19.6 Å². The molecular weight excluding hydrogens is 293 g/mol. The zero-order chi connectivity index (χ0) is 14.4. The maximum atomic E-state index is 9.25. The van der Waals surface area contributed by atoms with E-state index in [9.17, 15) is 5.11 Å². The molecule has 20 heavy (non-hydrogen) atoms. The van der Waals surface area contributed by atoms with Crippen LogP contribution in [0.5, 0.6) is 0 Å². The average Bonchev–Trinajstić information content (AvgIpc) is 2.47. The van der Waals surface area contributed by atoms with Gasteiger partial charge in [-0.25, -0.2) is 0 Å². The van der Waals surface area contributed by atoms with Crippen molar-refractivity contribution in [1.29, 1.82) is 0 Å². The summed E-state index contributed by atoms with van der Waals surface area (Å²) in [6.07, 6.45) is 0.887. The van der Waals surface area contributed by atoms with Gasteiger partial charge < -0.3 is 10.4 Å². The molecule has 0 heterocycles. The molecule has 0 spiro atoms. The highest BCUT2D eigenvalue weighted by molar-refractivity contribution is 6.42. The van der Waals surface area contributed by atoms with Crippen molar-refractivity contribution in [2.75, 3.05) is 6.54 Å². The van der Waals surface area contributed by atoms with E-state index in [-0.39, 0.29) is 6.61 Å². The van der Waals surface area contributed by atoms with Gasteiger partial charge in [-0.3, -0.25) is 0 Å². The predicted molar refractivity (Wildman–Crippen MR) is 84.2 cm³/mol. The Balaban J connectivity index is 1.83. The van der Waals surface area contributed by atoms with Crippen LogP contribution >= 0.6 is 23.2 Å². The van der Waals surface area contributed by atoms with Gasteiger partial charge in [0.15, 0.2) is 0 Å². The second-order valence-corrected chi connectivity index (χ2v) is 5.42. The number of aliphatic hydroxyl groups excluding tert-OH is 1. The van der Waals surface area contributed by atoms with Gasteiger partial charge in [-0.05, 0) is 41.8 Å². The predicted octanol–water partition coefficient (Wildman–Crippen LogP) is 3.82. The Morgan fingerprint density at radius 2 is 1.70 bits per heavy atom. The molecule has 0 bridgehead atoms. The van der Waals surface area contributed by atoms with E-state index in [0.29, 0.717) is 10.0 Å². The summed E-state index contributed by atoms with van der Waals surface area (Å²) in [7, 11) is 0. The van der Waals surface area contributed by atoms with Gasteiger partial charge in [0, 0.05) is 6.54 Å². The smallest absolute Gasteiger partial charge is 0.0685 e. The molecule has 2 rings (SSSR count). The van der Waals surface area contributed by atoms with Gasteiger partial charge in [-0.15, -0.1) is 0 Å². The fourth-order valence-corrected chi connectivity index (χ4v) is 2.36. The van der Waals surface area contributed by atoms with Crippen molar-refractivity contribution in [3.63, 3.8) is 0 Å². The number of nitrogens with one attached hydrogen (secondary N) is 1.